The normalized spacial score (nSPS) is 10.4. The number of anilines is 1. The molecule has 0 aliphatic carbocycles. The topological polar surface area (TPSA) is 38.9 Å². The third-order valence-corrected chi connectivity index (χ3v) is 1.75. The van der Waals surface area contributed by atoms with Gasteiger partial charge in [0, 0.05) is 11.6 Å². The summed E-state index contributed by atoms with van der Waals surface area (Å²) in [5.41, 5.74) is 6.63. The molecule has 0 radical (unpaired) electrons. The van der Waals surface area contributed by atoms with Crippen molar-refractivity contribution in [1.82, 2.24) is 4.98 Å². The predicted octanol–water partition coefficient (Wildman–Crippen LogP) is 1.96. The fourth-order valence-corrected chi connectivity index (χ4v) is 1.16. The minimum absolute atomic E-state index is 0.285. The molecule has 1 aromatic carbocycles. The fraction of sp³-hybridized carbons (Fsp3) is 0. The number of nitrogens with zero attached hydrogens (tertiary/aromatic N) is 1. The van der Waals surface area contributed by atoms with E-state index < -0.39 is 0 Å². The maximum Gasteiger partial charge on any atom is 0.132 e. The van der Waals surface area contributed by atoms with Crippen molar-refractivity contribution in [2.24, 2.45) is 0 Å². The highest BCUT2D eigenvalue weighted by Gasteiger charge is 2.02. The van der Waals surface area contributed by atoms with Crippen LogP contribution in [0.4, 0.5) is 10.1 Å². The second-order valence-electron chi connectivity index (χ2n) is 2.54. The zero-order valence-corrected chi connectivity index (χ0v) is 6.29. The summed E-state index contributed by atoms with van der Waals surface area (Å²) in [4.78, 5) is 3.98. The first-order chi connectivity index (χ1) is 5.79. The van der Waals surface area contributed by atoms with Gasteiger partial charge in [0.15, 0.2) is 0 Å². The summed E-state index contributed by atoms with van der Waals surface area (Å²) in [7, 11) is 0. The Kier molecular flexibility index (Phi) is 1.43. The molecule has 0 amide bonds. The molecule has 0 bridgehead atoms. The van der Waals surface area contributed by atoms with E-state index in [1.165, 1.54) is 12.1 Å². The van der Waals surface area contributed by atoms with Crippen LogP contribution in [0.15, 0.2) is 30.5 Å². The third kappa shape index (κ3) is 0.906. The van der Waals surface area contributed by atoms with Crippen molar-refractivity contribution in [3.05, 3.63) is 36.3 Å². The third-order valence-electron chi connectivity index (χ3n) is 1.75. The summed E-state index contributed by atoms with van der Waals surface area (Å²) < 4.78 is 13.1. The lowest BCUT2D eigenvalue weighted by atomic mass is 10.2. The summed E-state index contributed by atoms with van der Waals surface area (Å²) in [5.74, 6) is -0.285. The number of rotatable bonds is 0. The first kappa shape index (κ1) is 7.03. The van der Waals surface area contributed by atoms with Gasteiger partial charge in [0.25, 0.3) is 0 Å². The molecule has 2 aromatic rings. The van der Waals surface area contributed by atoms with Crippen molar-refractivity contribution >= 4 is 16.6 Å². The van der Waals surface area contributed by atoms with Crippen LogP contribution in [0.3, 0.4) is 0 Å². The molecular formula is C9H7FN2. The van der Waals surface area contributed by atoms with Crippen molar-refractivity contribution in [2.75, 3.05) is 5.73 Å². The lowest BCUT2D eigenvalue weighted by molar-refractivity contribution is 0.639. The van der Waals surface area contributed by atoms with E-state index in [1.807, 2.05) is 0 Å². The van der Waals surface area contributed by atoms with Crippen LogP contribution in [0.25, 0.3) is 10.9 Å². The van der Waals surface area contributed by atoms with Crippen LogP contribution in [-0.4, -0.2) is 4.98 Å². The maximum atomic E-state index is 13.1. The molecule has 0 unspecified atom stereocenters. The van der Waals surface area contributed by atoms with Crippen LogP contribution in [-0.2, 0) is 0 Å². The van der Waals surface area contributed by atoms with Gasteiger partial charge < -0.3 is 5.73 Å². The Labute approximate surface area is 68.8 Å². The molecule has 1 aromatic heterocycles. The minimum Gasteiger partial charge on any atom is -0.397 e. The number of hydrogen-bond acceptors (Lipinski definition) is 2. The van der Waals surface area contributed by atoms with Gasteiger partial charge in [-0.3, -0.25) is 4.98 Å². The molecule has 0 saturated carbocycles. The number of pyridine rings is 1. The Morgan fingerprint density at radius 2 is 2.08 bits per heavy atom. The molecular weight excluding hydrogens is 155 g/mol. The quantitative estimate of drug-likeness (QED) is 0.601. The molecule has 1 heterocycles. The SMILES string of the molecule is Nc1ccc(F)c2cccnc12. The Morgan fingerprint density at radius 1 is 1.25 bits per heavy atom. The highest BCUT2D eigenvalue weighted by molar-refractivity contribution is 5.89. The van der Waals surface area contributed by atoms with Gasteiger partial charge in [-0.2, -0.15) is 0 Å². The van der Waals surface area contributed by atoms with Gasteiger partial charge in [0.05, 0.1) is 11.2 Å². The molecule has 2 nitrogen and oxygen atoms in total. The van der Waals surface area contributed by atoms with Crippen LogP contribution >= 0.6 is 0 Å². The van der Waals surface area contributed by atoms with E-state index in [9.17, 15) is 4.39 Å². The highest BCUT2D eigenvalue weighted by Crippen LogP contribution is 2.20. The molecule has 0 atom stereocenters. The predicted molar refractivity (Wildman–Crippen MR) is 46.1 cm³/mol. The molecule has 0 aliphatic heterocycles. The smallest absolute Gasteiger partial charge is 0.132 e. The summed E-state index contributed by atoms with van der Waals surface area (Å²) >= 11 is 0. The van der Waals surface area contributed by atoms with E-state index in [1.54, 1.807) is 18.3 Å². The molecule has 60 valence electrons. The Bertz CT molecular complexity index is 385. The van der Waals surface area contributed by atoms with E-state index in [0.717, 1.165) is 0 Å². The fourth-order valence-electron chi connectivity index (χ4n) is 1.16. The van der Waals surface area contributed by atoms with Crippen LogP contribution in [0.2, 0.25) is 0 Å². The Morgan fingerprint density at radius 3 is 2.83 bits per heavy atom. The summed E-state index contributed by atoms with van der Waals surface area (Å²) in [6.07, 6.45) is 1.60. The average Bonchev–Trinajstić information content (AvgIpc) is 2.12. The highest BCUT2D eigenvalue weighted by atomic mass is 19.1. The molecule has 2 N–H and O–H groups in total. The van der Waals surface area contributed by atoms with E-state index in [-0.39, 0.29) is 5.82 Å². The van der Waals surface area contributed by atoms with Gasteiger partial charge in [-0.25, -0.2) is 4.39 Å². The number of hydrogen-bond donors (Lipinski definition) is 1. The summed E-state index contributed by atoms with van der Waals surface area (Å²) in [5, 5.41) is 0.470. The standard InChI is InChI=1S/C9H7FN2/c10-7-3-4-8(11)9-6(7)2-1-5-12-9/h1-5H,11H2. The second-order valence-corrected chi connectivity index (χ2v) is 2.54. The lowest BCUT2D eigenvalue weighted by Gasteiger charge is -2.00. The van der Waals surface area contributed by atoms with Crippen LogP contribution < -0.4 is 5.73 Å². The molecule has 0 aliphatic rings. The first-order valence-electron chi connectivity index (χ1n) is 3.58. The van der Waals surface area contributed by atoms with E-state index in [4.69, 9.17) is 5.73 Å². The van der Waals surface area contributed by atoms with Crippen molar-refractivity contribution in [2.45, 2.75) is 0 Å². The number of benzene rings is 1. The van der Waals surface area contributed by atoms with E-state index in [2.05, 4.69) is 4.98 Å². The van der Waals surface area contributed by atoms with Crippen LogP contribution in [0.5, 0.6) is 0 Å². The van der Waals surface area contributed by atoms with E-state index >= 15 is 0 Å². The Hall–Kier alpha value is -1.64. The molecule has 3 heteroatoms. The van der Waals surface area contributed by atoms with Gasteiger partial charge in [-0.1, -0.05) is 0 Å². The summed E-state index contributed by atoms with van der Waals surface area (Å²) in [6.45, 7) is 0. The molecule has 0 fully saturated rings. The van der Waals surface area contributed by atoms with Crippen molar-refractivity contribution in [3.8, 4) is 0 Å². The molecule has 0 spiro atoms. The van der Waals surface area contributed by atoms with Crippen LogP contribution in [0, 0.1) is 5.82 Å². The zero-order valence-electron chi connectivity index (χ0n) is 6.29. The summed E-state index contributed by atoms with van der Waals surface area (Å²) in [6, 6.07) is 6.21. The van der Waals surface area contributed by atoms with Gasteiger partial charge in [0.1, 0.15) is 5.82 Å². The molecule has 0 saturated heterocycles. The second kappa shape index (κ2) is 2.44. The number of aromatic nitrogens is 1. The Balaban J connectivity index is 2.95. The number of halogens is 1. The van der Waals surface area contributed by atoms with Gasteiger partial charge >= 0.3 is 0 Å². The van der Waals surface area contributed by atoms with E-state index in [0.29, 0.717) is 16.6 Å². The number of fused-ring (bicyclic) bond motifs is 1. The molecule has 2 rings (SSSR count). The van der Waals surface area contributed by atoms with Gasteiger partial charge in [-0.05, 0) is 24.3 Å². The largest absolute Gasteiger partial charge is 0.397 e. The van der Waals surface area contributed by atoms with Crippen molar-refractivity contribution in [3.63, 3.8) is 0 Å². The number of nitrogens with two attached hydrogens (primary N) is 1. The van der Waals surface area contributed by atoms with Crippen LogP contribution in [0.1, 0.15) is 0 Å². The maximum absolute atomic E-state index is 13.1. The van der Waals surface area contributed by atoms with Crippen molar-refractivity contribution < 1.29 is 4.39 Å². The molecule has 12 heavy (non-hydrogen) atoms. The lowest BCUT2D eigenvalue weighted by Crippen LogP contribution is -1.90. The zero-order chi connectivity index (χ0) is 8.55. The average molecular weight is 162 g/mol. The minimum atomic E-state index is -0.285. The number of nitrogen functional groups attached to an aromatic ring is 1. The van der Waals surface area contributed by atoms with Gasteiger partial charge in [0.2, 0.25) is 0 Å². The van der Waals surface area contributed by atoms with Gasteiger partial charge in [-0.15, -0.1) is 0 Å². The van der Waals surface area contributed by atoms with Crippen molar-refractivity contribution in [1.29, 1.82) is 0 Å². The first-order valence-corrected chi connectivity index (χ1v) is 3.58. The monoisotopic (exact) mass is 162 g/mol.